The largest absolute Gasteiger partial charge is 0.497 e. The number of anilines is 1. The van der Waals surface area contributed by atoms with Crippen molar-refractivity contribution in [3.05, 3.63) is 47.9 Å². The number of carbonyl (C=O) groups is 2. The Kier molecular flexibility index (Phi) is 4.98. The summed E-state index contributed by atoms with van der Waals surface area (Å²) in [5.74, 6) is -1.14. The molecule has 4 N–H and O–H groups in total. The Bertz CT molecular complexity index is 765. The summed E-state index contributed by atoms with van der Waals surface area (Å²) in [6.45, 7) is 1.61. The first-order valence-corrected chi connectivity index (χ1v) is 7.11. The molecular formula is C16H18N4O4. The number of carboxylic acids is 1. The van der Waals surface area contributed by atoms with Gasteiger partial charge in [0, 0.05) is 12.4 Å². The predicted octanol–water partition coefficient (Wildman–Crippen LogP) is 1.19. The molecule has 126 valence electrons. The number of nitrogen functional groups attached to an aromatic ring is 1. The number of aromatic nitrogens is 2. The van der Waals surface area contributed by atoms with Crippen molar-refractivity contribution in [2.45, 2.75) is 18.9 Å². The van der Waals surface area contributed by atoms with Gasteiger partial charge in [0.25, 0.3) is 5.91 Å². The summed E-state index contributed by atoms with van der Waals surface area (Å²) in [6.07, 6.45) is 2.38. The minimum Gasteiger partial charge on any atom is -0.497 e. The number of nitrogens with two attached hydrogens (primary N) is 1. The summed E-state index contributed by atoms with van der Waals surface area (Å²) in [5, 5.41) is 11.9. The SMILES string of the molecule is COc1cccc(C(C)(CC(=O)O)NC(=O)c2nccnc2N)c1. The highest BCUT2D eigenvalue weighted by molar-refractivity contribution is 5.97. The number of ether oxygens (including phenoxy) is 1. The summed E-state index contributed by atoms with van der Waals surface area (Å²) in [7, 11) is 1.51. The molecule has 0 radical (unpaired) electrons. The van der Waals surface area contributed by atoms with Crippen LogP contribution in [0.1, 0.15) is 29.4 Å². The number of aliphatic carboxylic acids is 1. The average molecular weight is 330 g/mol. The molecule has 2 rings (SSSR count). The van der Waals surface area contributed by atoms with Crippen molar-refractivity contribution in [2.24, 2.45) is 0 Å². The van der Waals surface area contributed by atoms with Gasteiger partial charge in [-0.25, -0.2) is 9.97 Å². The van der Waals surface area contributed by atoms with Gasteiger partial charge in [0.05, 0.1) is 19.1 Å². The molecule has 24 heavy (non-hydrogen) atoms. The van der Waals surface area contributed by atoms with Crippen LogP contribution in [0.25, 0.3) is 0 Å². The van der Waals surface area contributed by atoms with Crippen molar-refractivity contribution in [3.8, 4) is 5.75 Å². The van der Waals surface area contributed by atoms with Gasteiger partial charge in [0.15, 0.2) is 11.5 Å². The van der Waals surface area contributed by atoms with Gasteiger partial charge in [-0.05, 0) is 24.6 Å². The van der Waals surface area contributed by atoms with Crippen molar-refractivity contribution in [2.75, 3.05) is 12.8 Å². The molecule has 1 atom stereocenters. The van der Waals surface area contributed by atoms with Crippen LogP contribution in [0, 0.1) is 0 Å². The molecule has 0 aliphatic heterocycles. The van der Waals surface area contributed by atoms with Crippen LogP contribution in [0.2, 0.25) is 0 Å². The topological polar surface area (TPSA) is 127 Å². The van der Waals surface area contributed by atoms with Gasteiger partial charge in [0.2, 0.25) is 0 Å². The zero-order valence-electron chi connectivity index (χ0n) is 13.3. The van der Waals surface area contributed by atoms with Gasteiger partial charge in [-0.1, -0.05) is 12.1 Å². The second-order valence-corrected chi connectivity index (χ2v) is 5.38. The fourth-order valence-corrected chi connectivity index (χ4v) is 2.32. The Morgan fingerprint density at radius 3 is 2.67 bits per heavy atom. The van der Waals surface area contributed by atoms with Gasteiger partial charge >= 0.3 is 5.97 Å². The summed E-state index contributed by atoms with van der Waals surface area (Å²) in [5.41, 5.74) is 5.00. The number of benzene rings is 1. The lowest BCUT2D eigenvalue weighted by Crippen LogP contribution is -2.45. The number of hydrogen-bond donors (Lipinski definition) is 3. The molecule has 8 heteroatoms. The van der Waals surface area contributed by atoms with Crippen LogP contribution in [0.4, 0.5) is 5.82 Å². The maximum atomic E-state index is 12.5. The molecule has 1 aromatic heterocycles. The predicted molar refractivity (Wildman–Crippen MR) is 86.5 cm³/mol. The highest BCUT2D eigenvalue weighted by Gasteiger charge is 2.33. The van der Waals surface area contributed by atoms with Crippen LogP contribution in [0.3, 0.4) is 0 Å². The van der Waals surface area contributed by atoms with E-state index in [1.807, 2.05) is 0 Å². The molecule has 8 nitrogen and oxygen atoms in total. The van der Waals surface area contributed by atoms with Gasteiger partial charge in [-0.15, -0.1) is 0 Å². The normalized spacial score (nSPS) is 12.9. The third-order valence-electron chi connectivity index (χ3n) is 3.54. The van der Waals surface area contributed by atoms with Gasteiger partial charge in [0.1, 0.15) is 5.75 Å². The van der Waals surface area contributed by atoms with E-state index in [4.69, 9.17) is 10.5 Å². The minimum absolute atomic E-state index is 0.0293. The number of nitrogens with one attached hydrogen (secondary N) is 1. The first kappa shape index (κ1) is 17.2. The molecule has 1 amide bonds. The Morgan fingerprint density at radius 1 is 1.33 bits per heavy atom. The van der Waals surface area contributed by atoms with Crippen LogP contribution in [-0.2, 0) is 10.3 Å². The number of hydrogen-bond acceptors (Lipinski definition) is 6. The summed E-state index contributed by atoms with van der Waals surface area (Å²) < 4.78 is 5.16. The zero-order chi connectivity index (χ0) is 17.7. The number of methoxy groups -OCH3 is 1. The second kappa shape index (κ2) is 6.95. The highest BCUT2D eigenvalue weighted by Crippen LogP contribution is 2.28. The summed E-state index contributed by atoms with van der Waals surface area (Å²) >= 11 is 0. The molecule has 0 spiro atoms. The van der Waals surface area contributed by atoms with Crippen molar-refractivity contribution in [1.29, 1.82) is 0 Å². The molecule has 1 heterocycles. The Balaban J connectivity index is 2.39. The Hall–Kier alpha value is -3.16. The number of carbonyl (C=O) groups excluding carboxylic acids is 1. The van der Waals surface area contributed by atoms with E-state index in [2.05, 4.69) is 15.3 Å². The molecule has 1 unspecified atom stereocenters. The van der Waals surface area contributed by atoms with E-state index in [0.29, 0.717) is 11.3 Å². The molecule has 2 aromatic rings. The van der Waals surface area contributed by atoms with Gasteiger partial charge in [-0.3, -0.25) is 9.59 Å². The third kappa shape index (κ3) is 3.78. The monoisotopic (exact) mass is 330 g/mol. The van der Waals surface area contributed by atoms with Gasteiger partial charge in [-0.2, -0.15) is 0 Å². The molecular weight excluding hydrogens is 312 g/mol. The van der Waals surface area contributed by atoms with Crippen LogP contribution in [-0.4, -0.2) is 34.1 Å². The molecule has 0 aliphatic carbocycles. The maximum absolute atomic E-state index is 12.5. The molecule has 0 aliphatic rings. The first-order valence-electron chi connectivity index (χ1n) is 7.11. The van der Waals surface area contributed by atoms with E-state index < -0.39 is 17.4 Å². The van der Waals surface area contributed by atoms with Crippen LogP contribution < -0.4 is 15.8 Å². The van der Waals surface area contributed by atoms with E-state index in [1.54, 1.807) is 31.2 Å². The van der Waals surface area contributed by atoms with Crippen molar-refractivity contribution < 1.29 is 19.4 Å². The smallest absolute Gasteiger partial charge is 0.306 e. The van der Waals surface area contributed by atoms with Crippen molar-refractivity contribution in [1.82, 2.24) is 15.3 Å². The van der Waals surface area contributed by atoms with E-state index in [9.17, 15) is 14.7 Å². The molecule has 1 aromatic carbocycles. The van der Waals surface area contributed by atoms with Crippen LogP contribution in [0.15, 0.2) is 36.7 Å². The highest BCUT2D eigenvalue weighted by atomic mass is 16.5. The lowest BCUT2D eigenvalue weighted by atomic mass is 9.88. The number of rotatable bonds is 6. The molecule has 0 bridgehead atoms. The number of carboxylic acid groups (broad SMARTS) is 1. The average Bonchev–Trinajstić information content (AvgIpc) is 2.54. The minimum atomic E-state index is -1.18. The molecule has 0 fully saturated rings. The fraction of sp³-hybridized carbons (Fsp3) is 0.250. The fourth-order valence-electron chi connectivity index (χ4n) is 2.32. The van der Waals surface area contributed by atoms with E-state index in [1.165, 1.54) is 19.5 Å². The summed E-state index contributed by atoms with van der Waals surface area (Å²) in [6, 6.07) is 6.83. The van der Waals surface area contributed by atoms with E-state index >= 15 is 0 Å². The second-order valence-electron chi connectivity index (χ2n) is 5.38. The van der Waals surface area contributed by atoms with Crippen LogP contribution >= 0.6 is 0 Å². The number of nitrogens with zero attached hydrogens (tertiary/aromatic N) is 2. The lowest BCUT2D eigenvalue weighted by molar-refractivity contribution is -0.138. The Morgan fingerprint density at radius 2 is 2.04 bits per heavy atom. The maximum Gasteiger partial charge on any atom is 0.306 e. The van der Waals surface area contributed by atoms with E-state index in [0.717, 1.165) is 0 Å². The first-order chi connectivity index (χ1) is 11.4. The zero-order valence-corrected chi connectivity index (χ0v) is 13.3. The summed E-state index contributed by atoms with van der Waals surface area (Å²) in [4.78, 5) is 31.5. The Labute approximate surface area is 138 Å². The van der Waals surface area contributed by atoms with Crippen molar-refractivity contribution in [3.63, 3.8) is 0 Å². The third-order valence-corrected chi connectivity index (χ3v) is 3.54. The molecule has 0 saturated heterocycles. The number of amides is 1. The van der Waals surface area contributed by atoms with Crippen LogP contribution in [0.5, 0.6) is 5.75 Å². The molecule has 0 saturated carbocycles. The van der Waals surface area contributed by atoms with Crippen molar-refractivity contribution >= 4 is 17.7 Å². The van der Waals surface area contributed by atoms with Gasteiger partial charge < -0.3 is 20.9 Å². The van der Waals surface area contributed by atoms with E-state index in [-0.39, 0.29) is 17.9 Å². The quantitative estimate of drug-likeness (QED) is 0.725. The standard InChI is InChI=1S/C16H18N4O4/c1-16(9-12(21)22,10-4-3-5-11(8-10)24-2)20-15(23)13-14(17)19-7-6-18-13/h3-8H,9H2,1-2H3,(H2,17,19)(H,20,23)(H,21,22). The lowest BCUT2D eigenvalue weighted by Gasteiger charge is -2.30.